The summed E-state index contributed by atoms with van der Waals surface area (Å²) < 4.78 is 11.3. The van der Waals surface area contributed by atoms with E-state index in [1.54, 1.807) is 0 Å². The van der Waals surface area contributed by atoms with Gasteiger partial charge in [0.2, 0.25) is 0 Å². The molecular formula is C24H36O6. The fraction of sp³-hybridized carbons (Fsp3) is 0.750. The highest BCUT2D eigenvalue weighted by molar-refractivity contribution is 5.67. The third kappa shape index (κ3) is 3.96. The molecule has 6 heteroatoms. The molecule has 2 N–H and O–H groups in total. The molecule has 168 valence electrons. The zero-order chi connectivity index (χ0) is 22.4. The molecule has 30 heavy (non-hydrogen) atoms. The molecule has 0 spiro atoms. The lowest BCUT2D eigenvalue weighted by molar-refractivity contribution is -0.148. The molecule has 3 aliphatic carbocycles. The van der Waals surface area contributed by atoms with Crippen LogP contribution >= 0.6 is 0 Å². The molecule has 0 aliphatic heterocycles. The molecule has 6 nitrogen and oxygen atoms in total. The van der Waals surface area contributed by atoms with Gasteiger partial charge in [0.1, 0.15) is 18.3 Å². The number of esters is 2. The van der Waals surface area contributed by atoms with Gasteiger partial charge < -0.3 is 19.7 Å². The maximum absolute atomic E-state index is 11.9. The van der Waals surface area contributed by atoms with Crippen molar-refractivity contribution in [1.82, 2.24) is 0 Å². The lowest BCUT2D eigenvalue weighted by Crippen LogP contribution is -2.52. The number of ether oxygens (including phenoxy) is 2. The summed E-state index contributed by atoms with van der Waals surface area (Å²) in [5.41, 5.74) is 1.99. The fourth-order valence-corrected chi connectivity index (χ4v) is 6.28. The first-order valence-electron chi connectivity index (χ1n) is 11.1. The third-order valence-corrected chi connectivity index (χ3v) is 7.71. The van der Waals surface area contributed by atoms with Crippen LogP contribution in [-0.4, -0.2) is 46.6 Å². The molecule has 8 atom stereocenters. The summed E-state index contributed by atoms with van der Waals surface area (Å²) in [6.45, 7) is 13.2. The molecule has 1 unspecified atom stereocenters. The second-order valence-electron chi connectivity index (χ2n) is 9.85. The minimum atomic E-state index is -1.07. The van der Waals surface area contributed by atoms with E-state index < -0.39 is 29.7 Å². The predicted octanol–water partition coefficient (Wildman–Crippen LogP) is 3.31. The Morgan fingerprint density at radius 1 is 1.07 bits per heavy atom. The molecular weight excluding hydrogens is 384 g/mol. The molecule has 0 aromatic rings. The van der Waals surface area contributed by atoms with Crippen LogP contribution in [0.25, 0.3) is 0 Å². The van der Waals surface area contributed by atoms with Crippen molar-refractivity contribution in [3.8, 4) is 0 Å². The Labute approximate surface area is 179 Å². The SMILES string of the molecule is C=C1C(OC(C)=O)CC[C@H](C)C[C@H](OC(C)=O)C2=C(C)[C@@H]3[C@H]1CC[C@]3(C)[C@@H](O)[C@@H]2O. The second-order valence-corrected chi connectivity index (χ2v) is 9.85. The minimum Gasteiger partial charge on any atom is -0.458 e. The summed E-state index contributed by atoms with van der Waals surface area (Å²) in [4.78, 5) is 23.6. The molecule has 1 fully saturated rings. The first-order valence-corrected chi connectivity index (χ1v) is 11.1. The topological polar surface area (TPSA) is 93.1 Å². The quantitative estimate of drug-likeness (QED) is 0.526. The Bertz CT molecular complexity index is 755. The van der Waals surface area contributed by atoms with E-state index in [9.17, 15) is 19.8 Å². The summed E-state index contributed by atoms with van der Waals surface area (Å²) >= 11 is 0. The van der Waals surface area contributed by atoms with Crippen molar-refractivity contribution in [2.24, 2.45) is 23.2 Å². The van der Waals surface area contributed by atoms with Crippen molar-refractivity contribution in [3.63, 3.8) is 0 Å². The van der Waals surface area contributed by atoms with Crippen molar-refractivity contribution in [2.75, 3.05) is 0 Å². The van der Waals surface area contributed by atoms with Gasteiger partial charge in [-0.3, -0.25) is 9.59 Å². The van der Waals surface area contributed by atoms with Gasteiger partial charge in [-0.25, -0.2) is 0 Å². The number of aliphatic hydroxyl groups is 2. The summed E-state index contributed by atoms with van der Waals surface area (Å²) in [6.07, 6.45) is 0.546. The summed E-state index contributed by atoms with van der Waals surface area (Å²) in [5.74, 6) is -0.584. The van der Waals surface area contributed by atoms with Gasteiger partial charge in [0.05, 0.1) is 6.10 Å². The van der Waals surface area contributed by atoms with Gasteiger partial charge in [0.25, 0.3) is 0 Å². The van der Waals surface area contributed by atoms with Crippen LogP contribution in [0.4, 0.5) is 0 Å². The normalized spacial score (nSPS) is 41.8. The van der Waals surface area contributed by atoms with E-state index in [4.69, 9.17) is 9.47 Å². The monoisotopic (exact) mass is 420 g/mol. The first kappa shape index (κ1) is 23.0. The van der Waals surface area contributed by atoms with Crippen molar-refractivity contribution in [3.05, 3.63) is 23.3 Å². The summed E-state index contributed by atoms with van der Waals surface area (Å²) in [7, 11) is 0. The van der Waals surface area contributed by atoms with Gasteiger partial charge in [0.15, 0.2) is 0 Å². The van der Waals surface area contributed by atoms with Crippen molar-refractivity contribution in [2.45, 2.75) is 91.1 Å². The van der Waals surface area contributed by atoms with E-state index in [-0.39, 0.29) is 29.8 Å². The maximum atomic E-state index is 11.9. The van der Waals surface area contributed by atoms with Gasteiger partial charge in [-0.1, -0.05) is 26.0 Å². The zero-order valence-corrected chi connectivity index (χ0v) is 18.8. The number of carbonyl (C=O) groups excluding carboxylic acids is 2. The van der Waals surface area contributed by atoms with Crippen LogP contribution in [0.1, 0.15) is 66.7 Å². The van der Waals surface area contributed by atoms with Crippen LogP contribution in [0.2, 0.25) is 0 Å². The number of hydrogen-bond acceptors (Lipinski definition) is 6. The van der Waals surface area contributed by atoms with Gasteiger partial charge in [-0.05, 0) is 62.4 Å². The molecule has 1 saturated carbocycles. The predicted molar refractivity (Wildman–Crippen MR) is 112 cm³/mol. The van der Waals surface area contributed by atoms with Crippen LogP contribution in [0.15, 0.2) is 23.3 Å². The molecule has 0 aromatic heterocycles. The smallest absolute Gasteiger partial charge is 0.303 e. The van der Waals surface area contributed by atoms with Crippen LogP contribution in [-0.2, 0) is 19.1 Å². The van der Waals surface area contributed by atoms with Crippen LogP contribution < -0.4 is 0 Å². The number of rotatable bonds is 2. The summed E-state index contributed by atoms with van der Waals surface area (Å²) in [6, 6.07) is 0. The van der Waals surface area contributed by atoms with E-state index in [1.165, 1.54) is 13.8 Å². The Balaban J connectivity index is 2.14. The maximum Gasteiger partial charge on any atom is 0.303 e. The highest BCUT2D eigenvalue weighted by Crippen LogP contribution is 2.59. The number of carbonyl (C=O) groups is 2. The van der Waals surface area contributed by atoms with Crippen molar-refractivity contribution in [1.29, 1.82) is 0 Å². The van der Waals surface area contributed by atoms with Gasteiger partial charge in [-0.2, -0.15) is 0 Å². The van der Waals surface area contributed by atoms with Gasteiger partial charge in [-0.15, -0.1) is 0 Å². The standard InChI is InChI=1S/C24H36O6/c1-12-7-8-18(29-15(4)25)13(2)17-9-10-24(6)21(17)14(3)20(22(27)23(24)28)19(11-12)30-16(5)26/h12,17-19,21-23,27-28H,2,7-11H2,1,3-6H3/t12-,17-,18?,19-,21+,22+,23-,24-/m0/s1. The molecule has 0 amide bonds. The van der Waals surface area contributed by atoms with E-state index in [0.29, 0.717) is 18.4 Å². The van der Waals surface area contributed by atoms with Crippen molar-refractivity contribution >= 4 is 11.9 Å². The van der Waals surface area contributed by atoms with E-state index in [2.05, 4.69) is 13.5 Å². The summed E-state index contributed by atoms with van der Waals surface area (Å²) in [5, 5.41) is 22.3. The van der Waals surface area contributed by atoms with E-state index in [1.807, 2.05) is 13.8 Å². The van der Waals surface area contributed by atoms with Gasteiger partial charge in [0, 0.05) is 24.8 Å². The average molecular weight is 421 g/mol. The lowest BCUT2D eigenvalue weighted by atomic mass is 9.60. The average Bonchev–Trinajstić information content (AvgIpc) is 3.00. The Morgan fingerprint density at radius 3 is 2.27 bits per heavy atom. The largest absolute Gasteiger partial charge is 0.458 e. The van der Waals surface area contributed by atoms with Crippen LogP contribution in [0.3, 0.4) is 0 Å². The van der Waals surface area contributed by atoms with E-state index >= 15 is 0 Å². The molecule has 3 aliphatic rings. The number of allylic oxidation sites excluding steroid dienone is 1. The Kier molecular flexibility index (Phi) is 6.49. The number of aliphatic hydroxyl groups excluding tert-OH is 2. The van der Waals surface area contributed by atoms with Gasteiger partial charge >= 0.3 is 11.9 Å². The fourth-order valence-electron chi connectivity index (χ4n) is 6.28. The molecule has 2 bridgehead atoms. The highest BCUT2D eigenvalue weighted by atomic mass is 16.5. The molecule has 0 aromatic carbocycles. The van der Waals surface area contributed by atoms with Crippen molar-refractivity contribution < 1.29 is 29.3 Å². The third-order valence-electron chi connectivity index (χ3n) is 7.71. The van der Waals surface area contributed by atoms with Crippen LogP contribution in [0, 0.1) is 23.2 Å². The second kappa shape index (κ2) is 8.46. The highest BCUT2D eigenvalue weighted by Gasteiger charge is 2.58. The zero-order valence-electron chi connectivity index (χ0n) is 18.8. The molecule has 0 radical (unpaired) electrons. The first-order chi connectivity index (χ1) is 14.0. The molecule has 0 heterocycles. The molecule has 0 saturated heterocycles. The lowest BCUT2D eigenvalue weighted by Gasteiger charge is -2.48. The Hall–Kier alpha value is -1.66. The minimum absolute atomic E-state index is 0.0304. The molecule has 3 rings (SSSR count). The number of hydrogen-bond donors (Lipinski definition) is 2. The van der Waals surface area contributed by atoms with E-state index in [0.717, 1.165) is 30.4 Å². The van der Waals surface area contributed by atoms with Crippen LogP contribution in [0.5, 0.6) is 0 Å². The Morgan fingerprint density at radius 2 is 1.67 bits per heavy atom.